The SMILES string of the molecule is CC(C)CN(C[C@H]1OC(C)(C)N(C(=O)O[C@H]2COC3OCCC32)C1Cc1ccc(OCc2ccccc2)cc1)Sc1ccc2c(c1)OCO2. The molecule has 3 aromatic carbocycles. The molecule has 262 valence electrons. The molecule has 4 heterocycles. The van der Waals surface area contributed by atoms with E-state index in [0.717, 1.165) is 46.2 Å². The van der Waals surface area contributed by atoms with Gasteiger partial charge in [-0.25, -0.2) is 9.10 Å². The number of hydrogen-bond donors (Lipinski definition) is 0. The molecule has 3 saturated heterocycles. The molecule has 1 amide bonds. The van der Waals surface area contributed by atoms with Crippen LogP contribution < -0.4 is 14.2 Å². The molecule has 4 aliphatic rings. The van der Waals surface area contributed by atoms with Gasteiger partial charge in [-0.2, -0.15) is 0 Å². The molecule has 49 heavy (non-hydrogen) atoms. The maximum Gasteiger partial charge on any atom is 0.412 e. The summed E-state index contributed by atoms with van der Waals surface area (Å²) < 4.78 is 44.0. The highest BCUT2D eigenvalue weighted by Crippen LogP contribution is 2.41. The minimum atomic E-state index is -0.900. The third-order valence-corrected chi connectivity index (χ3v) is 10.4. The number of ether oxygens (including phenoxy) is 7. The molecule has 0 radical (unpaired) electrons. The number of hydrogen-bond acceptors (Lipinski definition) is 10. The summed E-state index contributed by atoms with van der Waals surface area (Å²) in [5.41, 5.74) is 1.29. The highest BCUT2D eigenvalue weighted by molar-refractivity contribution is 7.97. The smallest absolute Gasteiger partial charge is 0.412 e. The van der Waals surface area contributed by atoms with E-state index >= 15 is 0 Å². The lowest BCUT2D eigenvalue weighted by Gasteiger charge is -2.34. The minimum absolute atomic E-state index is 0.0490. The van der Waals surface area contributed by atoms with E-state index in [1.54, 1.807) is 16.8 Å². The van der Waals surface area contributed by atoms with Gasteiger partial charge in [0.05, 0.1) is 31.3 Å². The fourth-order valence-corrected chi connectivity index (χ4v) is 8.27. The predicted molar refractivity (Wildman–Crippen MR) is 184 cm³/mol. The number of rotatable bonds is 12. The third kappa shape index (κ3) is 7.97. The second-order valence-corrected chi connectivity index (χ2v) is 15.1. The van der Waals surface area contributed by atoms with Crippen molar-refractivity contribution in [2.75, 3.05) is 33.1 Å². The van der Waals surface area contributed by atoms with Crippen LogP contribution in [-0.4, -0.2) is 78.7 Å². The lowest BCUT2D eigenvalue weighted by atomic mass is 9.99. The second kappa shape index (κ2) is 14.8. The highest BCUT2D eigenvalue weighted by Gasteiger charge is 2.53. The molecule has 3 fully saturated rings. The molecular weight excluding hydrogens is 644 g/mol. The van der Waals surface area contributed by atoms with Gasteiger partial charge in [0.1, 0.15) is 24.2 Å². The van der Waals surface area contributed by atoms with E-state index in [0.29, 0.717) is 38.7 Å². The second-order valence-electron chi connectivity index (χ2n) is 14.0. The number of amides is 1. The summed E-state index contributed by atoms with van der Waals surface area (Å²) >= 11 is 1.67. The molecule has 0 aliphatic carbocycles. The first-order valence-electron chi connectivity index (χ1n) is 17.2. The molecule has 0 saturated carbocycles. The van der Waals surface area contributed by atoms with Gasteiger partial charge in [0.15, 0.2) is 17.8 Å². The van der Waals surface area contributed by atoms with Crippen molar-refractivity contribution in [2.45, 2.75) is 82.3 Å². The molecule has 5 atom stereocenters. The van der Waals surface area contributed by atoms with Crippen molar-refractivity contribution >= 4 is 18.0 Å². The van der Waals surface area contributed by atoms with Crippen LogP contribution in [0.25, 0.3) is 0 Å². The summed E-state index contributed by atoms with van der Waals surface area (Å²) in [5, 5.41) is 0. The number of nitrogens with zero attached hydrogens (tertiary/aromatic N) is 2. The van der Waals surface area contributed by atoms with Crippen LogP contribution in [0.1, 0.15) is 45.2 Å². The summed E-state index contributed by atoms with van der Waals surface area (Å²) in [6, 6.07) is 24.0. The van der Waals surface area contributed by atoms with Crippen LogP contribution in [0.2, 0.25) is 0 Å². The van der Waals surface area contributed by atoms with Gasteiger partial charge >= 0.3 is 6.09 Å². The Kier molecular flexibility index (Phi) is 10.3. The van der Waals surface area contributed by atoms with E-state index in [4.69, 9.17) is 33.2 Å². The molecule has 3 aromatic rings. The Morgan fingerprint density at radius 3 is 2.59 bits per heavy atom. The summed E-state index contributed by atoms with van der Waals surface area (Å²) in [6.45, 7) is 11.4. The Bertz CT molecular complexity index is 1570. The summed E-state index contributed by atoms with van der Waals surface area (Å²) in [6.07, 6.45) is 0.0663. The Morgan fingerprint density at radius 1 is 1.00 bits per heavy atom. The van der Waals surface area contributed by atoms with Crippen LogP contribution in [0.4, 0.5) is 4.79 Å². The average Bonchev–Trinajstić information content (AvgIpc) is 3.86. The Morgan fingerprint density at radius 2 is 1.80 bits per heavy atom. The standard InChI is InChI=1S/C38H46N2O8S/c1-25(2)20-39(49-29-14-15-32-33(19-29)46-24-45-32)21-34-31(18-26-10-12-28(13-11-26)43-22-27-8-6-5-7-9-27)40(38(3,4)48-34)37(41)47-35-23-44-36-30(35)16-17-42-36/h5-15,19,25,30-31,34-36H,16-18,20-24H2,1-4H3/t30?,31?,34-,35+,36?/m1/s1. The first-order chi connectivity index (χ1) is 23.7. The fourth-order valence-electron chi connectivity index (χ4n) is 7.09. The van der Waals surface area contributed by atoms with Crippen molar-refractivity contribution in [3.8, 4) is 17.2 Å². The number of fused-ring (bicyclic) bond motifs is 2. The van der Waals surface area contributed by atoms with Crippen molar-refractivity contribution in [1.82, 2.24) is 9.21 Å². The summed E-state index contributed by atoms with van der Waals surface area (Å²) in [4.78, 5) is 17.0. The van der Waals surface area contributed by atoms with Crippen molar-refractivity contribution in [3.63, 3.8) is 0 Å². The maximum atomic E-state index is 14.2. The molecule has 7 rings (SSSR count). The maximum absolute atomic E-state index is 14.2. The zero-order chi connectivity index (χ0) is 34.0. The van der Waals surface area contributed by atoms with E-state index in [1.165, 1.54) is 0 Å². The summed E-state index contributed by atoms with van der Waals surface area (Å²) in [7, 11) is 0. The van der Waals surface area contributed by atoms with Gasteiger partial charge in [0.2, 0.25) is 6.79 Å². The Hall–Kier alpha value is -3.48. The van der Waals surface area contributed by atoms with Crippen molar-refractivity contribution in [1.29, 1.82) is 0 Å². The van der Waals surface area contributed by atoms with Gasteiger partial charge in [0, 0.05) is 18.0 Å². The normalized spacial score (nSPS) is 25.3. The third-order valence-electron chi connectivity index (χ3n) is 9.36. The lowest BCUT2D eigenvalue weighted by molar-refractivity contribution is -0.0911. The molecule has 0 N–H and O–H groups in total. The molecule has 4 aliphatic heterocycles. The average molecular weight is 691 g/mol. The monoisotopic (exact) mass is 690 g/mol. The molecular formula is C38H46N2O8S. The van der Waals surface area contributed by atoms with E-state index in [-0.39, 0.29) is 43.3 Å². The fraction of sp³-hybridized carbons (Fsp3) is 0.500. The first-order valence-corrected chi connectivity index (χ1v) is 18.0. The Balaban J connectivity index is 1.11. The Labute approximate surface area is 293 Å². The van der Waals surface area contributed by atoms with Crippen LogP contribution in [-0.2, 0) is 32.0 Å². The van der Waals surface area contributed by atoms with Crippen LogP contribution >= 0.6 is 11.9 Å². The van der Waals surface area contributed by atoms with Crippen molar-refractivity contribution in [2.24, 2.45) is 11.8 Å². The lowest BCUT2D eigenvalue weighted by Crippen LogP contribution is -2.51. The van der Waals surface area contributed by atoms with Crippen molar-refractivity contribution in [3.05, 3.63) is 83.9 Å². The molecule has 0 bridgehead atoms. The zero-order valence-corrected chi connectivity index (χ0v) is 29.4. The largest absolute Gasteiger partial charge is 0.489 e. The van der Waals surface area contributed by atoms with Crippen LogP contribution in [0.15, 0.2) is 77.7 Å². The van der Waals surface area contributed by atoms with Crippen LogP contribution in [0.5, 0.6) is 17.2 Å². The molecule has 3 unspecified atom stereocenters. The van der Waals surface area contributed by atoms with Crippen molar-refractivity contribution < 1.29 is 38.0 Å². The van der Waals surface area contributed by atoms with Crippen LogP contribution in [0.3, 0.4) is 0 Å². The van der Waals surface area contributed by atoms with Gasteiger partial charge in [0.25, 0.3) is 0 Å². The predicted octanol–water partition coefficient (Wildman–Crippen LogP) is 6.91. The molecule has 11 heteroatoms. The van der Waals surface area contributed by atoms with E-state index in [1.807, 2.05) is 56.3 Å². The van der Waals surface area contributed by atoms with Gasteiger partial charge in [-0.3, -0.25) is 4.90 Å². The van der Waals surface area contributed by atoms with Gasteiger partial charge in [-0.05, 0) is 86.0 Å². The molecule has 0 spiro atoms. The minimum Gasteiger partial charge on any atom is -0.489 e. The van der Waals surface area contributed by atoms with Gasteiger partial charge in [-0.1, -0.05) is 56.3 Å². The van der Waals surface area contributed by atoms with Crippen LogP contribution in [0, 0.1) is 11.8 Å². The summed E-state index contributed by atoms with van der Waals surface area (Å²) in [5.74, 6) is 2.76. The number of benzene rings is 3. The van der Waals surface area contributed by atoms with Gasteiger partial charge < -0.3 is 33.2 Å². The highest BCUT2D eigenvalue weighted by atomic mass is 32.2. The topological polar surface area (TPSA) is 88.2 Å². The molecule has 0 aromatic heterocycles. The van der Waals surface area contributed by atoms with E-state index in [2.05, 4.69) is 48.5 Å². The zero-order valence-electron chi connectivity index (χ0n) is 28.6. The molecule has 10 nitrogen and oxygen atoms in total. The van der Waals surface area contributed by atoms with E-state index in [9.17, 15) is 4.79 Å². The van der Waals surface area contributed by atoms with E-state index < -0.39 is 5.72 Å². The number of carbonyl (C=O) groups excluding carboxylic acids is 1. The number of carbonyl (C=O) groups is 1. The quantitative estimate of drug-likeness (QED) is 0.187. The first kappa shape index (κ1) is 34.0. The van der Waals surface area contributed by atoms with Gasteiger partial charge in [-0.15, -0.1) is 0 Å².